The van der Waals surface area contributed by atoms with Crippen LogP contribution in [0.25, 0.3) is 11.4 Å². The van der Waals surface area contributed by atoms with Crippen LogP contribution in [0.15, 0.2) is 48.8 Å². The summed E-state index contributed by atoms with van der Waals surface area (Å²) in [6.45, 7) is 5.66. The maximum Gasteiger partial charge on any atom is 0.164 e. The average Bonchev–Trinajstić information content (AvgIpc) is 2.97. The van der Waals surface area contributed by atoms with Crippen LogP contribution in [0.1, 0.15) is 18.3 Å². The van der Waals surface area contributed by atoms with Gasteiger partial charge in [-0.3, -0.25) is 4.98 Å². The summed E-state index contributed by atoms with van der Waals surface area (Å²) in [6.07, 6.45) is 3.55. The van der Waals surface area contributed by atoms with E-state index in [9.17, 15) is 0 Å². The van der Waals surface area contributed by atoms with Gasteiger partial charge in [0.1, 0.15) is 0 Å². The van der Waals surface area contributed by atoms with Gasteiger partial charge in [0.2, 0.25) is 0 Å². The van der Waals surface area contributed by atoms with Gasteiger partial charge >= 0.3 is 0 Å². The van der Waals surface area contributed by atoms with Gasteiger partial charge in [-0.15, -0.1) is 10.2 Å². The molecule has 112 valence electrons. The molecule has 3 aromatic rings. The zero-order valence-electron chi connectivity index (χ0n) is 12.8. The maximum atomic E-state index is 4.33. The first kappa shape index (κ1) is 14.3. The van der Waals surface area contributed by atoms with Gasteiger partial charge in [0.05, 0.1) is 6.54 Å². The quantitative estimate of drug-likeness (QED) is 0.784. The third-order valence-corrected chi connectivity index (χ3v) is 3.55. The summed E-state index contributed by atoms with van der Waals surface area (Å²) in [5.41, 5.74) is 3.36. The Bertz CT molecular complexity index is 749. The van der Waals surface area contributed by atoms with Crippen molar-refractivity contribution in [3.05, 3.63) is 60.2 Å². The van der Waals surface area contributed by atoms with E-state index in [-0.39, 0.29) is 0 Å². The van der Waals surface area contributed by atoms with E-state index < -0.39 is 0 Å². The number of nitrogens with one attached hydrogen (secondary N) is 1. The molecular formula is C17H19N5. The van der Waals surface area contributed by atoms with Gasteiger partial charge in [-0.05, 0) is 43.7 Å². The Hall–Kier alpha value is -2.69. The van der Waals surface area contributed by atoms with Crippen LogP contribution in [-0.2, 0) is 13.1 Å². The third kappa shape index (κ3) is 2.98. The topological polar surface area (TPSA) is 55.6 Å². The van der Waals surface area contributed by atoms with Crippen molar-refractivity contribution < 1.29 is 0 Å². The van der Waals surface area contributed by atoms with Gasteiger partial charge in [0.15, 0.2) is 11.6 Å². The molecule has 0 fully saturated rings. The number of pyridine rings is 1. The lowest BCUT2D eigenvalue weighted by Gasteiger charge is -2.09. The summed E-state index contributed by atoms with van der Waals surface area (Å²) in [7, 11) is 0. The molecule has 0 aliphatic rings. The molecular weight excluding hydrogens is 274 g/mol. The van der Waals surface area contributed by atoms with Crippen molar-refractivity contribution in [3.8, 4) is 11.4 Å². The molecule has 0 unspecified atom stereocenters. The molecule has 5 heteroatoms. The lowest BCUT2D eigenvalue weighted by molar-refractivity contribution is 0.714. The highest BCUT2D eigenvalue weighted by Crippen LogP contribution is 2.18. The molecule has 0 bridgehead atoms. The molecule has 2 heterocycles. The zero-order valence-corrected chi connectivity index (χ0v) is 12.8. The summed E-state index contributed by atoms with van der Waals surface area (Å²) >= 11 is 0. The van der Waals surface area contributed by atoms with Crippen molar-refractivity contribution in [1.82, 2.24) is 19.7 Å². The molecule has 1 N–H and O–H groups in total. The fraction of sp³-hybridized carbons (Fsp3) is 0.235. The number of rotatable bonds is 5. The minimum Gasteiger partial charge on any atom is -0.378 e. The van der Waals surface area contributed by atoms with Crippen LogP contribution < -0.4 is 5.32 Å². The van der Waals surface area contributed by atoms with Crippen LogP contribution in [0.2, 0.25) is 0 Å². The Labute approximate surface area is 130 Å². The first-order valence-electron chi connectivity index (χ1n) is 7.41. The maximum absolute atomic E-state index is 4.33. The molecule has 2 aromatic heterocycles. The summed E-state index contributed by atoms with van der Waals surface area (Å²) < 4.78 is 2.12. The highest BCUT2D eigenvalue weighted by Gasteiger charge is 2.12. The molecule has 3 rings (SSSR count). The minimum absolute atomic E-state index is 0.648. The monoisotopic (exact) mass is 293 g/mol. The Morgan fingerprint density at radius 1 is 1.09 bits per heavy atom. The van der Waals surface area contributed by atoms with E-state index in [4.69, 9.17) is 0 Å². The molecule has 0 spiro atoms. The summed E-state index contributed by atoms with van der Waals surface area (Å²) in [4.78, 5) is 4.05. The van der Waals surface area contributed by atoms with Gasteiger partial charge in [0.25, 0.3) is 0 Å². The summed E-state index contributed by atoms with van der Waals surface area (Å²) in [5.74, 6) is 1.81. The van der Waals surface area contributed by atoms with Crippen LogP contribution in [0.3, 0.4) is 0 Å². The average molecular weight is 293 g/mol. The lowest BCUT2D eigenvalue weighted by atomic mass is 10.2. The highest BCUT2D eigenvalue weighted by atomic mass is 15.3. The van der Waals surface area contributed by atoms with Gasteiger partial charge in [-0.1, -0.05) is 12.1 Å². The van der Waals surface area contributed by atoms with Crippen molar-refractivity contribution in [2.45, 2.75) is 26.9 Å². The SMILES string of the molecule is CCn1c(CNc2cccc(C)c2)nnc1-c1ccncc1. The zero-order chi connectivity index (χ0) is 15.4. The Morgan fingerprint density at radius 3 is 2.64 bits per heavy atom. The highest BCUT2D eigenvalue weighted by molar-refractivity contribution is 5.54. The van der Waals surface area contributed by atoms with E-state index in [0.717, 1.165) is 29.4 Å². The molecule has 0 saturated heterocycles. The second-order valence-electron chi connectivity index (χ2n) is 5.14. The van der Waals surface area contributed by atoms with Gasteiger partial charge < -0.3 is 9.88 Å². The normalized spacial score (nSPS) is 10.6. The fourth-order valence-corrected chi connectivity index (χ4v) is 2.45. The van der Waals surface area contributed by atoms with Crippen LogP contribution in [0.5, 0.6) is 0 Å². The fourth-order valence-electron chi connectivity index (χ4n) is 2.45. The van der Waals surface area contributed by atoms with Crippen molar-refractivity contribution in [2.24, 2.45) is 0 Å². The van der Waals surface area contributed by atoms with E-state index in [1.54, 1.807) is 12.4 Å². The first-order valence-corrected chi connectivity index (χ1v) is 7.41. The molecule has 0 radical (unpaired) electrons. The van der Waals surface area contributed by atoms with E-state index in [0.29, 0.717) is 6.54 Å². The van der Waals surface area contributed by atoms with Gasteiger partial charge in [-0.2, -0.15) is 0 Å². The number of aromatic nitrogens is 4. The summed E-state index contributed by atoms with van der Waals surface area (Å²) in [5, 5.41) is 12.1. The Kier molecular flexibility index (Phi) is 4.14. The first-order chi connectivity index (χ1) is 10.8. The minimum atomic E-state index is 0.648. The molecule has 22 heavy (non-hydrogen) atoms. The number of hydrogen-bond acceptors (Lipinski definition) is 4. The Balaban J connectivity index is 1.81. The van der Waals surface area contributed by atoms with Crippen LogP contribution in [-0.4, -0.2) is 19.7 Å². The predicted octanol–water partition coefficient (Wildman–Crippen LogP) is 3.28. The smallest absolute Gasteiger partial charge is 0.164 e. The van der Waals surface area contributed by atoms with Crippen LogP contribution in [0.4, 0.5) is 5.69 Å². The van der Waals surface area contributed by atoms with Gasteiger partial charge in [0, 0.05) is 30.2 Å². The Morgan fingerprint density at radius 2 is 1.91 bits per heavy atom. The van der Waals surface area contributed by atoms with E-state index in [1.807, 2.05) is 18.2 Å². The molecule has 0 atom stereocenters. The largest absolute Gasteiger partial charge is 0.378 e. The van der Waals surface area contributed by atoms with Crippen LogP contribution >= 0.6 is 0 Å². The molecule has 0 saturated carbocycles. The summed E-state index contributed by atoms with van der Waals surface area (Å²) in [6, 6.07) is 12.2. The predicted molar refractivity (Wildman–Crippen MR) is 87.4 cm³/mol. The van der Waals surface area contributed by atoms with Crippen molar-refractivity contribution in [1.29, 1.82) is 0 Å². The molecule has 5 nitrogen and oxygen atoms in total. The molecule has 0 amide bonds. The number of anilines is 1. The van der Waals surface area contributed by atoms with Crippen molar-refractivity contribution >= 4 is 5.69 Å². The van der Waals surface area contributed by atoms with Crippen molar-refractivity contribution in [3.63, 3.8) is 0 Å². The van der Waals surface area contributed by atoms with Crippen LogP contribution in [0, 0.1) is 6.92 Å². The van der Waals surface area contributed by atoms with E-state index in [1.165, 1.54) is 5.56 Å². The van der Waals surface area contributed by atoms with E-state index >= 15 is 0 Å². The number of benzene rings is 1. The van der Waals surface area contributed by atoms with Gasteiger partial charge in [-0.25, -0.2) is 0 Å². The van der Waals surface area contributed by atoms with E-state index in [2.05, 4.69) is 57.1 Å². The van der Waals surface area contributed by atoms with Crippen molar-refractivity contribution in [2.75, 3.05) is 5.32 Å². The lowest BCUT2D eigenvalue weighted by Crippen LogP contribution is -2.09. The second kappa shape index (κ2) is 6.39. The second-order valence-corrected chi connectivity index (χ2v) is 5.14. The molecule has 0 aliphatic carbocycles. The number of hydrogen-bond donors (Lipinski definition) is 1. The molecule has 1 aromatic carbocycles. The third-order valence-electron chi connectivity index (χ3n) is 3.55. The molecule has 0 aliphatic heterocycles. The number of aryl methyl sites for hydroxylation is 1. The standard InChI is InChI=1S/C17H19N5/c1-3-22-16(12-19-15-6-4-5-13(2)11-15)20-21-17(22)14-7-9-18-10-8-14/h4-11,19H,3,12H2,1-2H3. The number of nitrogens with zero attached hydrogens (tertiary/aromatic N) is 4.